The highest BCUT2D eigenvalue weighted by Crippen LogP contribution is 2.26. The van der Waals surface area contributed by atoms with Crippen LogP contribution in [0.4, 0.5) is 16.2 Å². The molecule has 1 aliphatic rings. The summed E-state index contributed by atoms with van der Waals surface area (Å²) < 4.78 is 14.0. The number of aromatic nitrogens is 2. The van der Waals surface area contributed by atoms with Gasteiger partial charge in [-0.25, -0.2) is 9.37 Å². The zero-order valence-electron chi connectivity index (χ0n) is 16.1. The first-order valence-corrected chi connectivity index (χ1v) is 9.86. The first-order chi connectivity index (χ1) is 13.7. The van der Waals surface area contributed by atoms with Crippen molar-refractivity contribution < 1.29 is 4.39 Å². The molecule has 0 amide bonds. The zero-order chi connectivity index (χ0) is 19.3. The molecule has 1 saturated heterocycles. The summed E-state index contributed by atoms with van der Waals surface area (Å²) in [4.78, 5) is 11.8. The first-order valence-electron chi connectivity index (χ1n) is 9.86. The molecule has 28 heavy (non-hydrogen) atoms. The number of piperidine rings is 1. The van der Waals surface area contributed by atoms with Crippen molar-refractivity contribution in [2.75, 3.05) is 23.3 Å². The van der Waals surface area contributed by atoms with Crippen molar-refractivity contribution in [3.05, 3.63) is 72.0 Å². The molecule has 0 bridgehead atoms. The molecule has 2 aromatic carbocycles. The average molecular weight is 376 g/mol. The predicted octanol–water partition coefficient (Wildman–Crippen LogP) is 5.13. The number of nitrogens with one attached hydrogen (secondary N) is 1. The zero-order valence-corrected chi connectivity index (χ0v) is 16.1. The molecule has 1 N–H and O–H groups in total. The topological polar surface area (TPSA) is 41.1 Å². The number of benzene rings is 2. The van der Waals surface area contributed by atoms with E-state index in [0.717, 1.165) is 36.7 Å². The molecule has 0 radical (unpaired) electrons. The quantitative estimate of drug-likeness (QED) is 0.670. The number of halogens is 1. The SMILES string of the molecule is CC1CCCN(c2nc(NCc3ccccc3F)cc(-c3ccccc3)n2)C1. The van der Waals surface area contributed by atoms with Gasteiger partial charge in [-0.15, -0.1) is 0 Å². The van der Waals surface area contributed by atoms with E-state index >= 15 is 0 Å². The normalized spacial score (nSPS) is 16.8. The van der Waals surface area contributed by atoms with Gasteiger partial charge in [0.25, 0.3) is 0 Å². The Kier molecular flexibility index (Phi) is 5.51. The number of hydrogen-bond donors (Lipinski definition) is 1. The molecule has 144 valence electrons. The molecule has 4 rings (SSSR count). The summed E-state index contributed by atoms with van der Waals surface area (Å²) in [6.07, 6.45) is 2.39. The molecule has 3 aromatic rings. The second-order valence-electron chi connectivity index (χ2n) is 7.44. The van der Waals surface area contributed by atoms with Crippen LogP contribution in [0, 0.1) is 11.7 Å². The van der Waals surface area contributed by atoms with Gasteiger partial charge in [0.05, 0.1) is 5.69 Å². The van der Waals surface area contributed by atoms with Gasteiger partial charge in [0, 0.05) is 36.8 Å². The maximum atomic E-state index is 14.0. The Bertz CT molecular complexity index is 929. The molecule has 0 saturated carbocycles. The van der Waals surface area contributed by atoms with Crippen molar-refractivity contribution in [3.8, 4) is 11.3 Å². The van der Waals surface area contributed by atoms with E-state index in [4.69, 9.17) is 9.97 Å². The standard InChI is InChI=1S/C23H25FN4/c1-17-8-7-13-28(16-17)23-26-21(18-9-3-2-4-10-18)14-22(27-23)25-15-19-11-5-6-12-20(19)24/h2-6,9-12,14,17H,7-8,13,15-16H2,1H3,(H,25,26,27). The van der Waals surface area contributed by atoms with E-state index in [-0.39, 0.29) is 5.82 Å². The molecule has 1 atom stereocenters. The van der Waals surface area contributed by atoms with Crippen LogP contribution in [0.2, 0.25) is 0 Å². The van der Waals surface area contributed by atoms with E-state index in [9.17, 15) is 4.39 Å². The van der Waals surface area contributed by atoms with Crippen LogP contribution in [0.3, 0.4) is 0 Å². The smallest absolute Gasteiger partial charge is 0.227 e. The second kappa shape index (κ2) is 8.38. The van der Waals surface area contributed by atoms with Crippen molar-refractivity contribution in [3.63, 3.8) is 0 Å². The molecule has 5 heteroatoms. The third kappa shape index (κ3) is 4.30. The second-order valence-corrected chi connectivity index (χ2v) is 7.44. The maximum Gasteiger partial charge on any atom is 0.227 e. The maximum absolute atomic E-state index is 14.0. The molecule has 0 aliphatic carbocycles. The average Bonchev–Trinajstić information content (AvgIpc) is 2.74. The van der Waals surface area contributed by atoms with Crippen LogP contribution in [0.1, 0.15) is 25.3 Å². The van der Waals surface area contributed by atoms with Gasteiger partial charge in [-0.3, -0.25) is 0 Å². The van der Waals surface area contributed by atoms with Gasteiger partial charge in [0.2, 0.25) is 5.95 Å². The van der Waals surface area contributed by atoms with E-state index in [1.54, 1.807) is 12.1 Å². The van der Waals surface area contributed by atoms with E-state index in [1.807, 2.05) is 42.5 Å². The molecule has 1 aromatic heterocycles. The minimum absolute atomic E-state index is 0.211. The van der Waals surface area contributed by atoms with Crippen LogP contribution in [0.25, 0.3) is 11.3 Å². The number of hydrogen-bond acceptors (Lipinski definition) is 4. The molecule has 1 unspecified atom stereocenters. The molecular weight excluding hydrogens is 351 g/mol. The van der Waals surface area contributed by atoms with Crippen molar-refractivity contribution in [2.45, 2.75) is 26.3 Å². The fraction of sp³-hybridized carbons (Fsp3) is 0.304. The number of nitrogens with zero attached hydrogens (tertiary/aromatic N) is 3. The lowest BCUT2D eigenvalue weighted by Gasteiger charge is -2.31. The Hall–Kier alpha value is -2.95. The van der Waals surface area contributed by atoms with Crippen LogP contribution in [0.5, 0.6) is 0 Å². The summed E-state index contributed by atoms with van der Waals surface area (Å²) in [5, 5.41) is 3.28. The number of anilines is 2. The molecule has 2 heterocycles. The molecule has 4 nitrogen and oxygen atoms in total. The van der Waals surface area contributed by atoms with Gasteiger partial charge < -0.3 is 10.2 Å². The van der Waals surface area contributed by atoms with Crippen molar-refractivity contribution in [1.29, 1.82) is 0 Å². The summed E-state index contributed by atoms with van der Waals surface area (Å²) >= 11 is 0. The monoisotopic (exact) mass is 376 g/mol. The van der Waals surface area contributed by atoms with Crippen LogP contribution in [0.15, 0.2) is 60.7 Å². The van der Waals surface area contributed by atoms with Gasteiger partial charge in [0.1, 0.15) is 11.6 Å². The predicted molar refractivity (Wildman–Crippen MR) is 112 cm³/mol. The molecular formula is C23H25FN4. The highest BCUT2D eigenvalue weighted by atomic mass is 19.1. The highest BCUT2D eigenvalue weighted by Gasteiger charge is 2.20. The van der Waals surface area contributed by atoms with Gasteiger partial charge in [0.15, 0.2) is 0 Å². The van der Waals surface area contributed by atoms with E-state index < -0.39 is 0 Å². The summed E-state index contributed by atoms with van der Waals surface area (Å²) in [5.74, 6) is 1.87. The van der Waals surface area contributed by atoms with Gasteiger partial charge in [-0.2, -0.15) is 4.98 Å². The van der Waals surface area contributed by atoms with E-state index in [2.05, 4.69) is 17.1 Å². The Labute approximate surface area is 165 Å². The summed E-state index contributed by atoms with van der Waals surface area (Å²) in [6, 6.07) is 18.9. The van der Waals surface area contributed by atoms with E-state index in [0.29, 0.717) is 23.8 Å². The van der Waals surface area contributed by atoms with Gasteiger partial charge in [-0.1, -0.05) is 55.5 Å². The van der Waals surface area contributed by atoms with E-state index in [1.165, 1.54) is 12.5 Å². The Morgan fingerprint density at radius 3 is 2.64 bits per heavy atom. The summed E-state index contributed by atoms with van der Waals surface area (Å²) in [6.45, 7) is 4.58. The molecule has 1 fully saturated rings. The summed E-state index contributed by atoms with van der Waals surface area (Å²) in [7, 11) is 0. The van der Waals surface area contributed by atoms with Crippen molar-refractivity contribution in [2.24, 2.45) is 5.92 Å². The van der Waals surface area contributed by atoms with Crippen LogP contribution in [-0.4, -0.2) is 23.1 Å². The van der Waals surface area contributed by atoms with Crippen LogP contribution in [-0.2, 0) is 6.54 Å². The largest absolute Gasteiger partial charge is 0.366 e. The lowest BCUT2D eigenvalue weighted by atomic mass is 10.0. The minimum Gasteiger partial charge on any atom is -0.366 e. The fourth-order valence-corrected chi connectivity index (χ4v) is 3.62. The third-order valence-corrected chi connectivity index (χ3v) is 5.14. The first kappa shape index (κ1) is 18.4. The lowest BCUT2D eigenvalue weighted by Crippen LogP contribution is -2.35. The Morgan fingerprint density at radius 2 is 1.86 bits per heavy atom. The molecule has 1 aliphatic heterocycles. The van der Waals surface area contributed by atoms with Gasteiger partial charge >= 0.3 is 0 Å². The van der Waals surface area contributed by atoms with Crippen LogP contribution < -0.4 is 10.2 Å². The molecule has 0 spiro atoms. The Balaban J connectivity index is 1.64. The highest BCUT2D eigenvalue weighted by molar-refractivity contribution is 5.64. The number of rotatable bonds is 5. The Morgan fingerprint density at radius 1 is 1.07 bits per heavy atom. The fourth-order valence-electron chi connectivity index (χ4n) is 3.62. The van der Waals surface area contributed by atoms with Gasteiger partial charge in [-0.05, 0) is 24.8 Å². The van der Waals surface area contributed by atoms with Crippen LogP contribution >= 0.6 is 0 Å². The summed E-state index contributed by atoms with van der Waals surface area (Å²) in [5.41, 5.74) is 2.54. The van der Waals surface area contributed by atoms with Crippen molar-refractivity contribution in [1.82, 2.24) is 9.97 Å². The third-order valence-electron chi connectivity index (χ3n) is 5.14. The van der Waals surface area contributed by atoms with Crippen molar-refractivity contribution >= 4 is 11.8 Å². The minimum atomic E-state index is -0.211. The lowest BCUT2D eigenvalue weighted by molar-refractivity contribution is 0.442.